The largest absolute Gasteiger partial charge is 0.458 e. The summed E-state index contributed by atoms with van der Waals surface area (Å²) >= 11 is 0. The van der Waals surface area contributed by atoms with E-state index in [1.807, 2.05) is 25.1 Å². The van der Waals surface area contributed by atoms with Gasteiger partial charge in [-0.25, -0.2) is 4.79 Å². The van der Waals surface area contributed by atoms with Gasteiger partial charge in [0.25, 0.3) is 0 Å². The van der Waals surface area contributed by atoms with Crippen molar-refractivity contribution in [2.45, 2.75) is 13.0 Å². The molecule has 0 saturated carbocycles. The monoisotopic (exact) mass is 298 g/mol. The van der Waals surface area contributed by atoms with Gasteiger partial charge in [0.1, 0.15) is 6.10 Å². The molecular weight excluding hydrogens is 276 g/mol. The normalized spacial score (nSPS) is 18.1. The van der Waals surface area contributed by atoms with Gasteiger partial charge in [-0.3, -0.25) is 4.90 Å². The number of hydrogen-bond acceptors (Lipinski definition) is 4. The van der Waals surface area contributed by atoms with E-state index in [4.69, 9.17) is 4.74 Å². The van der Waals surface area contributed by atoms with E-state index in [2.05, 4.69) is 16.8 Å². The Bertz CT molecular complexity index is 406. The number of carbonyl (C=O) groups is 1. The van der Waals surface area contributed by atoms with Crippen LogP contribution < -0.4 is 0 Å². The summed E-state index contributed by atoms with van der Waals surface area (Å²) in [6.07, 6.45) is -0.0730. The van der Waals surface area contributed by atoms with Crippen molar-refractivity contribution in [2.24, 2.45) is 0 Å². The van der Waals surface area contributed by atoms with Crippen molar-refractivity contribution in [3.63, 3.8) is 0 Å². The molecule has 1 saturated heterocycles. The summed E-state index contributed by atoms with van der Waals surface area (Å²) in [5, 5.41) is 0. The van der Waals surface area contributed by atoms with Crippen molar-refractivity contribution in [1.82, 2.24) is 9.80 Å². The Morgan fingerprint density at radius 1 is 1.20 bits per heavy atom. The minimum absolute atomic E-state index is 0. The SMILES string of the molecule is CC(CN1CCN(C)CC1)OC(=O)c1ccccc1.Cl. The van der Waals surface area contributed by atoms with E-state index in [0.29, 0.717) is 5.56 Å². The fourth-order valence-corrected chi connectivity index (χ4v) is 2.26. The van der Waals surface area contributed by atoms with Crippen LogP contribution >= 0.6 is 12.4 Å². The van der Waals surface area contributed by atoms with Crippen LogP contribution in [0.4, 0.5) is 0 Å². The van der Waals surface area contributed by atoms with Gasteiger partial charge in [0.15, 0.2) is 0 Å². The third-order valence-corrected chi connectivity index (χ3v) is 3.43. The van der Waals surface area contributed by atoms with Gasteiger partial charge in [-0.2, -0.15) is 0 Å². The van der Waals surface area contributed by atoms with Gasteiger partial charge in [-0.05, 0) is 26.1 Å². The molecule has 1 atom stereocenters. The molecule has 5 heteroatoms. The average Bonchev–Trinajstić information content (AvgIpc) is 2.42. The number of rotatable bonds is 4. The zero-order chi connectivity index (χ0) is 13.7. The molecule has 4 nitrogen and oxygen atoms in total. The number of benzene rings is 1. The molecular formula is C15H23ClN2O2. The summed E-state index contributed by atoms with van der Waals surface area (Å²) in [5.41, 5.74) is 0.618. The second-order valence-corrected chi connectivity index (χ2v) is 5.19. The molecule has 2 rings (SSSR count). The van der Waals surface area contributed by atoms with E-state index in [9.17, 15) is 4.79 Å². The minimum Gasteiger partial charge on any atom is -0.458 e. The van der Waals surface area contributed by atoms with Crippen LogP contribution in [0, 0.1) is 0 Å². The minimum atomic E-state index is -0.234. The lowest BCUT2D eigenvalue weighted by Crippen LogP contribution is -2.47. The molecule has 0 aliphatic carbocycles. The van der Waals surface area contributed by atoms with Gasteiger partial charge >= 0.3 is 5.97 Å². The first kappa shape index (κ1) is 17.0. The number of hydrogen-bond donors (Lipinski definition) is 0. The Labute approximate surface area is 127 Å². The van der Waals surface area contributed by atoms with Crippen molar-refractivity contribution in [3.8, 4) is 0 Å². The maximum absolute atomic E-state index is 11.9. The fraction of sp³-hybridized carbons (Fsp3) is 0.533. The van der Waals surface area contributed by atoms with Crippen molar-refractivity contribution < 1.29 is 9.53 Å². The summed E-state index contributed by atoms with van der Waals surface area (Å²) in [4.78, 5) is 16.6. The van der Waals surface area contributed by atoms with E-state index in [1.54, 1.807) is 12.1 Å². The third-order valence-electron chi connectivity index (χ3n) is 3.43. The topological polar surface area (TPSA) is 32.8 Å². The predicted octanol–water partition coefficient (Wildman–Crippen LogP) is 1.90. The fourth-order valence-electron chi connectivity index (χ4n) is 2.26. The molecule has 1 heterocycles. The number of nitrogens with zero attached hydrogens (tertiary/aromatic N) is 2. The van der Waals surface area contributed by atoms with Crippen LogP contribution in [-0.2, 0) is 4.74 Å². The Morgan fingerprint density at radius 2 is 1.80 bits per heavy atom. The molecule has 1 aliphatic heterocycles. The van der Waals surface area contributed by atoms with Crippen LogP contribution in [0.25, 0.3) is 0 Å². The van der Waals surface area contributed by atoms with Crippen LogP contribution in [0.5, 0.6) is 0 Å². The zero-order valence-electron chi connectivity index (χ0n) is 12.1. The number of esters is 1. The highest BCUT2D eigenvalue weighted by Gasteiger charge is 2.18. The van der Waals surface area contributed by atoms with Crippen LogP contribution in [0.1, 0.15) is 17.3 Å². The molecule has 1 unspecified atom stereocenters. The Hall–Kier alpha value is -1.10. The second kappa shape index (κ2) is 8.25. The van der Waals surface area contributed by atoms with E-state index in [1.165, 1.54) is 0 Å². The van der Waals surface area contributed by atoms with Crippen molar-refractivity contribution in [3.05, 3.63) is 35.9 Å². The number of likely N-dealkylation sites (N-methyl/N-ethyl adjacent to an activating group) is 1. The van der Waals surface area contributed by atoms with Crippen LogP contribution in [0.2, 0.25) is 0 Å². The summed E-state index contributed by atoms with van der Waals surface area (Å²) in [6, 6.07) is 9.16. The van der Waals surface area contributed by atoms with Crippen molar-refractivity contribution in [1.29, 1.82) is 0 Å². The van der Waals surface area contributed by atoms with Crippen molar-refractivity contribution in [2.75, 3.05) is 39.8 Å². The van der Waals surface area contributed by atoms with Gasteiger partial charge in [0, 0.05) is 32.7 Å². The second-order valence-electron chi connectivity index (χ2n) is 5.19. The highest BCUT2D eigenvalue weighted by Crippen LogP contribution is 2.06. The van der Waals surface area contributed by atoms with E-state index in [0.717, 1.165) is 32.7 Å². The molecule has 20 heavy (non-hydrogen) atoms. The number of halogens is 1. The predicted molar refractivity (Wildman–Crippen MR) is 82.5 cm³/mol. The first-order valence-electron chi connectivity index (χ1n) is 6.82. The first-order valence-corrected chi connectivity index (χ1v) is 6.82. The molecule has 112 valence electrons. The Kier molecular flexibility index (Phi) is 6.99. The zero-order valence-corrected chi connectivity index (χ0v) is 12.9. The van der Waals surface area contributed by atoms with Gasteiger partial charge < -0.3 is 9.64 Å². The van der Waals surface area contributed by atoms with Crippen LogP contribution in [-0.4, -0.2) is 61.6 Å². The van der Waals surface area contributed by atoms with E-state index < -0.39 is 0 Å². The third kappa shape index (κ3) is 5.12. The van der Waals surface area contributed by atoms with Gasteiger partial charge in [0.05, 0.1) is 5.56 Å². The lowest BCUT2D eigenvalue weighted by Gasteiger charge is -2.33. The molecule has 0 spiro atoms. The molecule has 0 aromatic heterocycles. The summed E-state index contributed by atoms with van der Waals surface area (Å²) in [7, 11) is 2.14. The Balaban J connectivity index is 0.00000200. The molecule has 0 amide bonds. The maximum Gasteiger partial charge on any atom is 0.338 e. The molecule has 1 aliphatic rings. The van der Waals surface area contributed by atoms with E-state index >= 15 is 0 Å². The highest BCUT2D eigenvalue weighted by molar-refractivity contribution is 5.89. The first-order chi connectivity index (χ1) is 9.15. The van der Waals surface area contributed by atoms with Crippen LogP contribution in [0.15, 0.2) is 30.3 Å². The molecule has 0 bridgehead atoms. The van der Waals surface area contributed by atoms with E-state index in [-0.39, 0.29) is 24.5 Å². The summed E-state index contributed by atoms with van der Waals surface area (Å²) in [5.74, 6) is -0.234. The quantitative estimate of drug-likeness (QED) is 0.795. The van der Waals surface area contributed by atoms with Gasteiger partial charge in [0.2, 0.25) is 0 Å². The average molecular weight is 299 g/mol. The Morgan fingerprint density at radius 3 is 2.40 bits per heavy atom. The summed E-state index contributed by atoms with van der Waals surface area (Å²) in [6.45, 7) is 7.03. The lowest BCUT2D eigenvalue weighted by atomic mass is 10.2. The molecule has 0 radical (unpaired) electrons. The standard InChI is InChI=1S/C15H22N2O2.ClH/c1-13(12-17-10-8-16(2)9-11-17)19-15(18)14-6-4-3-5-7-14;/h3-7,13H,8-12H2,1-2H3;1H. The number of ether oxygens (including phenoxy) is 1. The van der Waals surface area contributed by atoms with Crippen molar-refractivity contribution >= 4 is 18.4 Å². The number of piperazine rings is 1. The molecule has 1 fully saturated rings. The lowest BCUT2D eigenvalue weighted by molar-refractivity contribution is 0.0207. The summed E-state index contributed by atoms with van der Waals surface area (Å²) < 4.78 is 5.47. The smallest absolute Gasteiger partial charge is 0.338 e. The highest BCUT2D eigenvalue weighted by atomic mass is 35.5. The molecule has 0 N–H and O–H groups in total. The molecule has 1 aromatic carbocycles. The van der Waals surface area contributed by atoms with Gasteiger partial charge in [-0.1, -0.05) is 18.2 Å². The van der Waals surface area contributed by atoms with Gasteiger partial charge in [-0.15, -0.1) is 12.4 Å². The molecule has 1 aromatic rings. The van der Waals surface area contributed by atoms with Crippen LogP contribution in [0.3, 0.4) is 0 Å². The maximum atomic E-state index is 11.9. The number of carbonyl (C=O) groups excluding carboxylic acids is 1.